The van der Waals surface area contributed by atoms with E-state index in [0.29, 0.717) is 31.5 Å². The van der Waals surface area contributed by atoms with E-state index < -0.39 is 5.54 Å². The molecule has 0 spiro atoms. The van der Waals surface area contributed by atoms with Crippen molar-refractivity contribution in [2.75, 3.05) is 20.3 Å². The van der Waals surface area contributed by atoms with Gasteiger partial charge in [-0.15, -0.1) is 0 Å². The van der Waals surface area contributed by atoms with E-state index in [9.17, 15) is 4.79 Å². The average Bonchev–Trinajstić information content (AvgIpc) is 2.43. The van der Waals surface area contributed by atoms with Crippen LogP contribution in [0.2, 0.25) is 0 Å². The van der Waals surface area contributed by atoms with Gasteiger partial charge in [-0.25, -0.2) is 0 Å². The number of rotatable bonds is 8. The molecule has 0 aromatic rings. The predicted molar refractivity (Wildman–Crippen MR) is 81.3 cm³/mol. The lowest BCUT2D eigenvalue weighted by Crippen LogP contribution is -2.59. The van der Waals surface area contributed by atoms with Crippen LogP contribution in [-0.4, -0.2) is 48.7 Å². The number of nitrogens with zero attached hydrogens (tertiary/aromatic N) is 1. The normalized spacial score (nSPS) is 27.2. The van der Waals surface area contributed by atoms with E-state index in [1.54, 1.807) is 7.11 Å². The largest absolute Gasteiger partial charge is 0.383 e. The van der Waals surface area contributed by atoms with Crippen molar-refractivity contribution in [3.05, 3.63) is 0 Å². The molecule has 2 unspecified atom stereocenters. The number of carbonyl (C=O) groups excluding carboxylic acids is 1. The summed E-state index contributed by atoms with van der Waals surface area (Å²) >= 11 is 0. The van der Waals surface area contributed by atoms with Gasteiger partial charge in [-0.3, -0.25) is 9.69 Å². The molecule has 1 aliphatic carbocycles. The molecule has 4 N–H and O–H groups in total. The Morgan fingerprint density at radius 2 is 2.10 bits per heavy atom. The summed E-state index contributed by atoms with van der Waals surface area (Å²) in [5, 5.41) is 0. The van der Waals surface area contributed by atoms with E-state index in [4.69, 9.17) is 16.2 Å². The molecule has 0 heterocycles. The highest BCUT2D eigenvalue weighted by atomic mass is 16.5. The van der Waals surface area contributed by atoms with Crippen LogP contribution < -0.4 is 11.5 Å². The first kappa shape index (κ1) is 17.4. The second kappa shape index (κ2) is 7.96. The highest BCUT2D eigenvalue weighted by Gasteiger charge is 2.40. The third-order valence-corrected chi connectivity index (χ3v) is 4.68. The summed E-state index contributed by atoms with van der Waals surface area (Å²) in [5.74, 6) is -0.363. The number of primary amides is 1. The van der Waals surface area contributed by atoms with Crippen molar-refractivity contribution in [1.29, 1.82) is 0 Å². The van der Waals surface area contributed by atoms with Gasteiger partial charge >= 0.3 is 0 Å². The van der Waals surface area contributed by atoms with Crippen LogP contribution in [0.4, 0.5) is 0 Å². The number of hydrogen-bond acceptors (Lipinski definition) is 4. The van der Waals surface area contributed by atoms with E-state index in [0.717, 1.165) is 32.2 Å². The van der Waals surface area contributed by atoms with E-state index >= 15 is 0 Å². The Morgan fingerprint density at radius 3 is 2.60 bits per heavy atom. The number of nitrogens with two attached hydrogens (primary N) is 2. The van der Waals surface area contributed by atoms with Crippen LogP contribution in [0.25, 0.3) is 0 Å². The number of methoxy groups -OCH3 is 1. The minimum absolute atomic E-state index is 0.335. The summed E-state index contributed by atoms with van der Waals surface area (Å²) in [6.45, 7) is 6.02. The molecule has 5 heteroatoms. The van der Waals surface area contributed by atoms with Gasteiger partial charge in [0.25, 0.3) is 0 Å². The maximum atomic E-state index is 11.6. The Hall–Kier alpha value is -0.650. The van der Waals surface area contributed by atoms with E-state index in [1.165, 1.54) is 0 Å². The van der Waals surface area contributed by atoms with Crippen molar-refractivity contribution >= 4 is 5.91 Å². The van der Waals surface area contributed by atoms with Crippen molar-refractivity contribution in [3.8, 4) is 0 Å². The second-order valence-corrected chi connectivity index (χ2v) is 5.97. The van der Waals surface area contributed by atoms with Crippen molar-refractivity contribution in [2.45, 2.75) is 70.0 Å². The van der Waals surface area contributed by atoms with Crippen LogP contribution >= 0.6 is 0 Å². The molecule has 1 fully saturated rings. The topological polar surface area (TPSA) is 81.6 Å². The van der Waals surface area contributed by atoms with Gasteiger partial charge in [-0.05, 0) is 38.5 Å². The minimum Gasteiger partial charge on any atom is -0.383 e. The molecular weight excluding hydrogens is 254 g/mol. The molecule has 5 nitrogen and oxygen atoms in total. The Labute approximate surface area is 123 Å². The van der Waals surface area contributed by atoms with Crippen molar-refractivity contribution < 1.29 is 9.53 Å². The van der Waals surface area contributed by atoms with Gasteiger partial charge in [-0.1, -0.05) is 13.8 Å². The smallest absolute Gasteiger partial charge is 0.237 e. The van der Waals surface area contributed by atoms with Crippen LogP contribution in [-0.2, 0) is 9.53 Å². The highest BCUT2D eigenvalue weighted by molar-refractivity contribution is 5.84. The quantitative estimate of drug-likeness (QED) is 0.703. The Morgan fingerprint density at radius 1 is 1.45 bits per heavy atom. The fraction of sp³-hybridized carbons (Fsp3) is 0.933. The SMILES string of the molecule is CCC(CC)N(CCOC)C1CCCC(N)(C(N)=O)C1. The molecule has 0 radical (unpaired) electrons. The fourth-order valence-electron chi connectivity index (χ4n) is 3.40. The van der Waals surface area contributed by atoms with Crippen LogP contribution in [0.15, 0.2) is 0 Å². The van der Waals surface area contributed by atoms with Crippen molar-refractivity contribution in [3.63, 3.8) is 0 Å². The predicted octanol–water partition coefficient (Wildman–Crippen LogP) is 1.25. The fourth-order valence-corrected chi connectivity index (χ4v) is 3.40. The van der Waals surface area contributed by atoms with E-state index in [-0.39, 0.29) is 5.91 Å². The standard InChI is InChI=1S/C15H31N3O2/c1-4-12(5-2)18(9-10-20-3)13-7-6-8-15(17,11-13)14(16)19/h12-13H,4-11,17H2,1-3H3,(H2,16,19). The third-order valence-electron chi connectivity index (χ3n) is 4.68. The van der Waals surface area contributed by atoms with Crippen LogP contribution in [0.1, 0.15) is 52.4 Å². The van der Waals surface area contributed by atoms with Gasteiger partial charge in [-0.2, -0.15) is 0 Å². The van der Waals surface area contributed by atoms with Crippen LogP contribution in [0.5, 0.6) is 0 Å². The first-order valence-electron chi connectivity index (χ1n) is 7.82. The Bertz CT molecular complexity index is 307. The summed E-state index contributed by atoms with van der Waals surface area (Å²) < 4.78 is 5.24. The first-order valence-corrected chi connectivity index (χ1v) is 7.82. The molecule has 20 heavy (non-hydrogen) atoms. The third kappa shape index (κ3) is 4.17. The first-order chi connectivity index (χ1) is 9.48. The van der Waals surface area contributed by atoms with Gasteiger partial charge < -0.3 is 16.2 Å². The molecule has 0 aliphatic heterocycles. The minimum atomic E-state index is -0.833. The molecule has 2 atom stereocenters. The molecule has 0 bridgehead atoms. The summed E-state index contributed by atoms with van der Waals surface area (Å²) in [4.78, 5) is 14.1. The zero-order valence-electron chi connectivity index (χ0n) is 13.2. The van der Waals surface area contributed by atoms with Gasteiger partial charge in [0.05, 0.1) is 12.1 Å². The highest BCUT2D eigenvalue weighted by Crippen LogP contribution is 2.31. The maximum absolute atomic E-state index is 11.6. The average molecular weight is 285 g/mol. The number of carbonyl (C=O) groups is 1. The molecule has 0 aromatic carbocycles. The molecule has 0 aromatic heterocycles. The zero-order valence-corrected chi connectivity index (χ0v) is 13.2. The zero-order chi connectivity index (χ0) is 15.2. The van der Waals surface area contributed by atoms with Crippen molar-refractivity contribution in [2.24, 2.45) is 11.5 Å². The number of ether oxygens (including phenoxy) is 1. The molecule has 118 valence electrons. The van der Waals surface area contributed by atoms with Gasteiger partial charge in [0.1, 0.15) is 0 Å². The van der Waals surface area contributed by atoms with Crippen molar-refractivity contribution in [1.82, 2.24) is 4.90 Å². The lowest BCUT2D eigenvalue weighted by atomic mass is 9.78. The summed E-state index contributed by atoms with van der Waals surface area (Å²) in [5.41, 5.74) is 10.9. The molecule has 0 saturated heterocycles. The lowest BCUT2D eigenvalue weighted by Gasteiger charge is -2.44. The maximum Gasteiger partial charge on any atom is 0.237 e. The van der Waals surface area contributed by atoms with Gasteiger partial charge in [0.15, 0.2) is 0 Å². The second-order valence-electron chi connectivity index (χ2n) is 5.97. The number of amides is 1. The van der Waals surface area contributed by atoms with Crippen LogP contribution in [0.3, 0.4) is 0 Å². The lowest BCUT2D eigenvalue weighted by molar-refractivity contribution is -0.125. The van der Waals surface area contributed by atoms with E-state index in [1.807, 2.05) is 0 Å². The van der Waals surface area contributed by atoms with Gasteiger partial charge in [0.2, 0.25) is 5.91 Å². The molecular formula is C15H31N3O2. The summed E-state index contributed by atoms with van der Waals surface area (Å²) in [6, 6.07) is 0.853. The van der Waals surface area contributed by atoms with E-state index in [2.05, 4.69) is 18.7 Å². The summed E-state index contributed by atoms with van der Waals surface area (Å²) in [6.07, 6.45) is 5.64. The van der Waals surface area contributed by atoms with Gasteiger partial charge in [0, 0.05) is 25.7 Å². The molecule has 1 aliphatic rings. The number of hydrogen-bond donors (Lipinski definition) is 2. The van der Waals surface area contributed by atoms with Crippen LogP contribution in [0, 0.1) is 0 Å². The molecule has 1 amide bonds. The molecule has 1 saturated carbocycles. The Balaban J connectivity index is 2.81. The summed E-state index contributed by atoms with van der Waals surface area (Å²) in [7, 11) is 1.72. The molecule has 1 rings (SSSR count). The Kier molecular flexibility index (Phi) is 6.92. The monoisotopic (exact) mass is 285 g/mol.